The Bertz CT molecular complexity index is 873. The van der Waals surface area contributed by atoms with E-state index in [1.165, 1.54) is 0 Å². The number of fused-ring (bicyclic) bond motifs is 2. The van der Waals surface area contributed by atoms with Crippen molar-refractivity contribution in [1.82, 2.24) is 0 Å². The Hall–Kier alpha value is -1.38. The molecule has 0 saturated carbocycles. The number of nitrogen functional groups attached to an aromatic ring is 1. The molecule has 0 bridgehead atoms. The van der Waals surface area contributed by atoms with Crippen LogP contribution in [-0.4, -0.2) is 14.1 Å². The Balaban J connectivity index is 2.43. The van der Waals surface area contributed by atoms with Crippen LogP contribution >= 0.6 is 7.92 Å². The van der Waals surface area contributed by atoms with Crippen molar-refractivity contribution in [3.8, 4) is 0 Å². The largest absolute Gasteiger partial charge is 0.398 e. The average Bonchev–Trinajstić information content (AvgIpc) is 2.48. The van der Waals surface area contributed by atoms with Gasteiger partial charge in [-0.25, -0.2) is 8.42 Å². The molecular formula is C18H22NO2PS. The minimum absolute atomic E-state index is 0.268. The lowest BCUT2D eigenvalue weighted by Crippen LogP contribution is -2.34. The van der Waals surface area contributed by atoms with Crippen molar-refractivity contribution in [2.75, 3.05) is 5.73 Å². The van der Waals surface area contributed by atoms with Crippen LogP contribution in [0.3, 0.4) is 0 Å². The quantitative estimate of drug-likeness (QED) is 0.669. The van der Waals surface area contributed by atoms with Crippen LogP contribution in [0.1, 0.15) is 39.2 Å². The Morgan fingerprint density at radius 3 is 2.22 bits per heavy atom. The monoisotopic (exact) mass is 347 g/mol. The minimum atomic E-state index is -3.50. The van der Waals surface area contributed by atoms with Crippen molar-refractivity contribution in [2.45, 2.75) is 49.1 Å². The number of hydrogen-bond acceptors (Lipinski definition) is 3. The highest BCUT2D eigenvalue weighted by atomic mass is 32.2. The highest BCUT2D eigenvalue weighted by Crippen LogP contribution is 2.49. The molecule has 0 saturated heterocycles. The van der Waals surface area contributed by atoms with Gasteiger partial charge in [0.15, 0.2) is 0 Å². The van der Waals surface area contributed by atoms with Crippen LogP contribution in [0.15, 0.2) is 46.2 Å². The third-order valence-electron chi connectivity index (χ3n) is 4.30. The summed E-state index contributed by atoms with van der Waals surface area (Å²) in [6.45, 7) is 8.46. The molecule has 2 aromatic carbocycles. The second-order valence-electron chi connectivity index (χ2n) is 6.50. The molecule has 5 heteroatoms. The molecule has 0 fully saturated rings. The van der Waals surface area contributed by atoms with Gasteiger partial charge in [-0.15, -0.1) is 0 Å². The summed E-state index contributed by atoms with van der Waals surface area (Å²) in [6.07, 6.45) is 0. The molecule has 1 atom stereocenters. The van der Waals surface area contributed by atoms with Crippen LogP contribution in [0.4, 0.5) is 5.69 Å². The number of hydrogen-bond donors (Lipinski definition) is 1. The predicted molar refractivity (Wildman–Crippen MR) is 98.2 cm³/mol. The van der Waals surface area contributed by atoms with E-state index >= 15 is 0 Å². The zero-order valence-corrected chi connectivity index (χ0v) is 15.6. The van der Waals surface area contributed by atoms with Crippen molar-refractivity contribution in [3.63, 3.8) is 0 Å². The van der Waals surface area contributed by atoms with E-state index in [0.29, 0.717) is 21.1 Å². The maximum absolute atomic E-state index is 13.1. The number of rotatable bonds is 2. The van der Waals surface area contributed by atoms with Crippen LogP contribution < -0.4 is 16.3 Å². The Kier molecular flexibility index (Phi) is 4.02. The first-order chi connectivity index (χ1) is 10.8. The zero-order valence-electron chi connectivity index (χ0n) is 13.9. The van der Waals surface area contributed by atoms with Gasteiger partial charge in [-0.3, -0.25) is 0 Å². The number of anilines is 1. The fourth-order valence-electron chi connectivity index (χ4n) is 3.23. The first-order valence-corrected chi connectivity index (χ1v) is 10.7. The average molecular weight is 347 g/mol. The van der Waals surface area contributed by atoms with E-state index in [4.69, 9.17) is 5.73 Å². The minimum Gasteiger partial charge on any atom is -0.398 e. The van der Waals surface area contributed by atoms with Crippen molar-refractivity contribution >= 4 is 34.1 Å². The molecule has 0 spiro atoms. The van der Waals surface area contributed by atoms with E-state index in [0.717, 1.165) is 16.2 Å². The zero-order chi connectivity index (χ0) is 16.9. The van der Waals surface area contributed by atoms with Crippen molar-refractivity contribution in [3.05, 3.63) is 42.0 Å². The van der Waals surface area contributed by atoms with E-state index in [9.17, 15) is 8.42 Å². The molecule has 0 amide bonds. The molecule has 2 aromatic rings. The van der Waals surface area contributed by atoms with Crippen molar-refractivity contribution in [2.24, 2.45) is 0 Å². The SMILES string of the molecule is CC(C)c1ccc2c(c1N)P(C(C)C)c1ccccc1S2(=O)=O. The van der Waals surface area contributed by atoms with Gasteiger partial charge in [-0.2, -0.15) is 0 Å². The van der Waals surface area contributed by atoms with Gasteiger partial charge < -0.3 is 5.73 Å². The summed E-state index contributed by atoms with van der Waals surface area (Å²) in [5.74, 6) is 0.268. The van der Waals surface area contributed by atoms with Crippen LogP contribution in [0.25, 0.3) is 0 Å². The molecule has 2 N–H and O–H groups in total. The second-order valence-corrected chi connectivity index (χ2v) is 11.1. The Labute approximate surface area is 139 Å². The standard InChI is InChI=1S/C18H22NO2PS/c1-11(2)13-9-10-16-18(17(13)19)22(12(3)4)14-7-5-6-8-15(14)23(16,20)21/h5-12H,19H2,1-4H3. The Morgan fingerprint density at radius 2 is 1.61 bits per heavy atom. The van der Waals surface area contributed by atoms with Gasteiger partial charge in [0.1, 0.15) is 0 Å². The van der Waals surface area contributed by atoms with Gasteiger partial charge in [0.05, 0.1) is 9.79 Å². The third kappa shape index (κ3) is 2.40. The van der Waals surface area contributed by atoms with Crippen LogP contribution in [0, 0.1) is 0 Å². The van der Waals surface area contributed by atoms with E-state index < -0.39 is 17.8 Å². The molecule has 1 aliphatic rings. The van der Waals surface area contributed by atoms with Gasteiger partial charge in [-0.1, -0.05) is 52.0 Å². The molecule has 3 rings (SSSR count). The lowest BCUT2D eigenvalue weighted by molar-refractivity contribution is 0.597. The lowest BCUT2D eigenvalue weighted by atomic mass is 10.0. The summed E-state index contributed by atoms with van der Waals surface area (Å²) < 4.78 is 26.1. The first kappa shape index (κ1) is 16.5. The lowest BCUT2D eigenvalue weighted by Gasteiger charge is -2.33. The molecule has 23 heavy (non-hydrogen) atoms. The summed E-state index contributed by atoms with van der Waals surface area (Å²) in [4.78, 5) is 0.849. The molecule has 1 aliphatic heterocycles. The summed E-state index contributed by atoms with van der Waals surface area (Å²) >= 11 is 0. The number of benzene rings is 2. The number of sulfone groups is 1. The molecule has 0 radical (unpaired) electrons. The van der Waals surface area contributed by atoms with Crippen LogP contribution in [0.5, 0.6) is 0 Å². The van der Waals surface area contributed by atoms with E-state index in [1.807, 2.05) is 18.2 Å². The fourth-order valence-corrected chi connectivity index (χ4v) is 8.56. The third-order valence-corrected chi connectivity index (χ3v) is 9.36. The topological polar surface area (TPSA) is 60.2 Å². The second kappa shape index (κ2) is 5.61. The highest BCUT2D eigenvalue weighted by molar-refractivity contribution is 7.94. The van der Waals surface area contributed by atoms with E-state index in [1.54, 1.807) is 18.2 Å². The summed E-state index contributed by atoms with van der Waals surface area (Å²) in [5, 5.41) is 1.78. The predicted octanol–water partition coefficient (Wildman–Crippen LogP) is 3.38. The first-order valence-electron chi connectivity index (χ1n) is 7.82. The maximum Gasteiger partial charge on any atom is 0.207 e. The van der Waals surface area contributed by atoms with Gasteiger partial charge in [0.2, 0.25) is 9.84 Å². The fraction of sp³-hybridized carbons (Fsp3) is 0.333. The highest BCUT2D eigenvalue weighted by Gasteiger charge is 2.38. The molecular weight excluding hydrogens is 325 g/mol. The summed E-state index contributed by atoms with van der Waals surface area (Å²) in [6, 6.07) is 11.0. The van der Waals surface area contributed by atoms with Gasteiger partial charge in [0, 0.05) is 11.0 Å². The molecule has 0 aromatic heterocycles. The van der Waals surface area contributed by atoms with Crippen LogP contribution in [0.2, 0.25) is 0 Å². The van der Waals surface area contributed by atoms with Crippen LogP contribution in [-0.2, 0) is 9.84 Å². The molecule has 0 aliphatic carbocycles. The van der Waals surface area contributed by atoms with E-state index in [-0.39, 0.29) is 5.92 Å². The smallest absolute Gasteiger partial charge is 0.207 e. The van der Waals surface area contributed by atoms with Crippen molar-refractivity contribution < 1.29 is 8.42 Å². The normalized spacial score (nSPS) is 18.8. The maximum atomic E-state index is 13.1. The number of nitrogens with two attached hydrogens (primary N) is 1. The molecule has 1 heterocycles. The molecule has 3 nitrogen and oxygen atoms in total. The van der Waals surface area contributed by atoms with Gasteiger partial charge in [-0.05, 0) is 42.5 Å². The molecule has 1 unspecified atom stereocenters. The van der Waals surface area contributed by atoms with Crippen molar-refractivity contribution in [1.29, 1.82) is 0 Å². The Morgan fingerprint density at radius 1 is 0.957 bits per heavy atom. The van der Waals surface area contributed by atoms with Gasteiger partial charge >= 0.3 is 0 Å². The summed E-state index contributed by atoms with van der Waals surface area (Å²) in [7, 11) is -4.28. The van der Waals surface area contributed by atoms with Gasteiger partial charge in [0.25, 0.3) is 0 Å². The molecule has 122 valence electrons. The van der Waals surface area contributed by atoms with E-state index in [2.05, 4.69) is 27.7 Å². The summed E-state index contributed by atoms with van der Waals surface area (Å²) in [5.41, 5.74) is 8.48.